The molecule has 5 rings (SSSR count). The third-order valence-corrected chi connectivity index (χ3v) is 6.66. The summed E-state index contributed by atoms with van der Waals surface area (Å²) in [5.74, 6) is -0.212. The first-order valence-corrected chi connectivity index (χ1v) is 11.6. The third kappa shape index (κ3) is 3.90. The van der Waals surface area contributed by atoms with Crippen LogP contribution in [0.4, 0.5) is 0 Å². The van der Waals surface area contributed by atoms with Crippen LogP contribution in [0, 0.1) is 0 Å². The maximum atomic E-state index is 13.4. The number of fused-ring (bicyclic) bond motifs is 1. The smallest absolute Gasteiger partial charge is 0.258 e. The van der Waals surface area contributed by atoms with E-state index in [0.717, 1.165) is 32.1 Å². The minimum Gasteiger partial charge on any atom is -0.321 e. The Bertz CT molecular complexity index is 1480. The molecule has 1 N–H and O–H groups in total. The lowest BCUT2D eigenvalue weighted by Gasteiger charge is -2.21. The highest BCUT2D eigenvalue weighted by Gasteiger charge is 2.35. The quantitative estimate of drug-likeness (QED) is 0.344. The zero-order chi connectivity index (χ0) is 23.1. The number of benzene rings is 3. The largest absolute Gasteiger partial charge is 0.321 e. The number of hydrogen-bond acceptors (Lipinski definition) is 3. The van der Waals surface area contributed by atoms with E-state index in [0.29, 0.717) is 22.7 Å². The molecule has 164 valence electrons. The van der Waals surface area contributed by atoms with Gasteiger partial charge in [0.1, 0.15) is 0 Å². The number of carbonyl (C=O) groups is 1. The van der Waals surface area contributed by atoms with Crippen LogP contribution < -0.4 is 5.56 Å². The van der Waals surface area contributed by atoms with Crippen molar-refractivity contribution in [3.05, 3.63) is 104 Å². The molecule has 1 aliphatic heterocycles. The molecule has 7 heteroatoms. The van der Waals surface area contributed by atoms with Gasteiger partial charge in [0.25, 0.3) is 5.56 Å². The van der Waals surface area contributed by atoms with Crippen LogP contribution in [-0.2, 0) is 4.79 Å². The molecule has 2 heterocycles. The van der Waals surface area contributed by atoms with Gasteiger partial charge in [-0.3, -0.25) is 9.59 Å². The Balaban J connectivity index is 1.76. The van der Waals surface area contributed by atoms with Gasteiger partial charge in [-0.25, -0.2) is 5.01 Å². The number of hydrazone groups is 1. The van der Waals surface area contributed by atoms with E-state index in [2.05, 4.69) is 26.0 Å². The third-order valence-electron chi connectivity index (χ3n) is 5.82. The van der Waals surface area contributed by atoms with Crippen molar-refractivity contribution in [3.8, 4) is 11.1 Å². The van der Waals surface area contributed by atoms with Crippen LogP contribution in [0.15, 0.2) is 87.2 Å². The van der Waals surface area contributed by atoms with Crippen LogP contribution in [0.25, 0.3) is 22.0 Å². The lowest BCUT2D eigenvalue weighted by Crippen LogP contribution is -2.24. The van der Waals surface area contributed by atoms with Gasteiger partial charge < -0.3 is 4.98 Å². The number of amides is 1. The minimum atomic E-state index is -0.382. The summed E-state index contributed by atoms with van der Waals surface area (Å²) in [5.41, 5.74) is 4.00. The molecule has 4 aromatic rings. The summed E-state index contributed by atoms with van der Waals surface area (Å²) in [6.45, 7) is 1.47. The van der Waals surface area contributed by atoms with Gasteiger partial charge in [-0.2, -0.15) is 5.10 Å². The topological polar surface area (TPSA) is 65.5 Å². The number of carbonyl (C=O) groups excluding carboxylic acids is 1. The molecule has 0 saturated carbocycles. The van der Waals surface area contributed by atoms with E-state index in [9.17, 15) is 9.59 Å². The predicted molar refractivity (Wildman–Crippen MR) is 136 cm³/mol. The van der Waals surface area contributed by atoms with Crippen molar-refractivity contribution in [2.75, 3.05) is 0 Å². The number of rotatable bonds is 3. The Hall–Kier alpha value is -3.22. The van der Waals surface area contributed by atoms with Crippen molar-refractivity contribution in [1.29, 1.82) is 0 Å². The van der Waals surface area contributed by atoms with Crippen LogP contribution in [0.1, 0.15) is 30.5 Å². The Morgan fingerprint density at radius 3 is 2.52 bits per heavy atom. The molecule has 0 bridgehead atoms. The number of halogens is 2. The average Bonchev–Trinajstić information content (AvgIpc) is 3.24. The first kappa shape index (κ1) is 21.6. The molecule has 1 aromatic heterocycles. The molecule has 0 unspecified atom stereocenters. The summed E-state index contributed by atoms with van der Waals surface area (Å²) in [7, 11) is 0. The molecule has 1 amide bonds. The van der Waals surface area contributed by atoms with Crippen LogP contribution in [0.5, 0.6) is 0 Å². The predicted octanol–water partition coefficient (Wildman–Crippen LogP) is 6.31. The highest BCUT2D eigenvalue weighted by atomic mass is 79.9. The Kier molecular flexibility index (Phi) is 5.64. The maximum Gasteiger partial charge on any atom is 0.258 e. The minimum absolute atomic E-state index is 0.212. The maximum absolute atomic E-state index is 13.4. The summed E-state index contributed by atoms with van der Waals surface area (Å²) >= 11 is 10.0. The van der Waals surface area contributed by atoms with Crippen LogP contribution in [0.3, 0.4) is 0 Å². The number of H-pyrrole nitrogens is 1. The van der Waals surface area contributed by atoms with Gasteiger partial charge in [-0.05, 0) is 35.4 Å². The number of nitrogens with one attached hydrogen (secondary N) is 1. The summed E-state index contributed by atoms with van der Waals surface area (Å²) in [6, 6.07) is 22.6. The van der Waals surface area contributed by atoms with Crippen LogP contribution in [-0.4, -0.2) is 21.6 Å². The van der Waals surface area contributed by atoms with Gasteiger partial charge in [-0.15, -0.1) is 0 Å². The molecule has 0 fully saturated rings. The Morgan fingerprint density at radius 1 is 1.06 bits per heavy atom. The summed E-state index contributed by atoms with van der Waals surface area (Å²) in [6.07, 6.45) is 0.381. The molecule has 33 heavy (non-hydrogen) atoms. The zero-order valence-electron chi connectivity index (χ0n) is 17.7. The number of hydrogen-bond donors (Lipinski definition) is 1. The van der Waals surface area contributed by atoms with Crippen molar-refractivity contribution in [1.82, 2.24) is 9.99 Å². The van der Waals surface area contributed by atoms with E-state index in [1.807, 2.05) is 66.7 Å². The Morgan fingerprint density at radius 2 is 1.79 bits per heavy atom. The zero-order valence-corrected chi connectivity index (χ0v) is 20.0. The highest BCUT2D eigenvalue weighted by Crippen LogP contribution is 2.39. The molecule has 0 radical (unpaired) electrons. The normalized spacial score (nSPS) is 15.7. The molecule has 5 nitrogen and oxygen atoms in total. The molecule has 0 saturated heterocycles. The van der Waals surface area contributed by atoms with Crippen molar-refractivity contribution >= 4 is 50.1 Å². The van der Waals surface area contributed by atoms with E-state index in [1.54, 1.807) is 6.07 Å². The second kappa shape index (κ2) is 8.61. The highest BCUT2D eigenvalue weighted by molar-refractivity contribution is 9.10. The van der Waals surface area contributed by atoms with Gasteiger partial charge >= 0.3 is 0 Å². The van der Waals surface area contributed by atoms with Crippen molar-refractivity contribution in [3.63, 3.8) is 0 Å². The molecular weight excluding hydrogens is 502 g/mol. The fourth-order valence-electron chi connectivity index (χ4n) is 4.38. The second-order valence-corrected chi connectivity index (χ2v) is 9.23. The molecule has 0 spiro atoms. The fraction of sp³-hybridized carbons (Fsp3) is 0.115. The van der Waals surface area contributed by atoms with E-state index in [4.69, 9.17) is 11.6 Å². The Labute approximate surface area is 203 Å². The molecular formula is C26H19BrClN3O2. The molecule has 0 aliphatic carbocycles. The van der Waals surface area contributed by atoms with Crippen molar-refractivity contribution in [2.24, 2.45) is 5.10 Å². The number of aromatic nitrogens is 1. The van der Waals surface area contributed by atoms with Gasteiger partial charge in [-0.1, -0.05) is 76.1 Å². The second-order valence-electron chi connectivity index (χ2n) is 7.91. The molecule has 1 atom stereocenters. The molecule has 1 aliphatic rings. The summed E-state index contributed by atoms with van der Waals surface area (Å²) in [5, 5.41) is 7.52. The van der Waals surface area contributed by atoms with Crippen molar-refractivity contribution in [2.45, 2.75) is 19.4 Å². The van der Waals surface area contributed by atoms with Crippen molar-refractivity contribution < 1.29 is 4.79 Å². The van der Waals surface area contributed by atoms with Crippen LogP contribution in [0.2, 0.25) is 5.02 Å². The SMILES string of the molecule is CC(=O)N1N=C(c2c(-c3ccccc3)c3cc(Br)ccc3[nH]c2=O)C[C@@H]1c1ccccc1Cl. The van der Waals surface area contributed by atoms with Crippen LogP contribution >= 0.6 is 27.5 Å². The van der Waals surface area contributed by atoms with E-state index >= 15 is 0 Å². The number of pyridine rings is 1. The first-order chi connectivity index (χ1) is 15.9. The van der Waals surface area contributed by atoms with E-state index < -0.39 is 0 Å². The van der Waals surface area contributed by atoms with E-state index in [1.165, 1.54) is 11.9 Å². The summed E-state index contributed by atoms with van der Waals surface area (Å²) in [4.78, 5) is 28.9. The first-order valence-electron chi connectivity index (χ1n) is 10.5. The summed E-state index contributed by atoms with van der Waals surface area (Å²) < 4.78 is 0.901. The number of aromatic amines is 1. The average molecular weight is 521 g/mol. The monoisotopic (exact) mass is 519 g/mol. The van der Waals surface area contributed by atoms with E-state index in [-0.39, 0.29) is 17.5 Å². The lowest BCUT2D eigenvalue weighted by molar-refractivity contribution is -0.130. The number of nitrogens with zero attached hydrogens (tertiary/aromatic N) is 2. The standard InChI is InChI=1S/C26H19BrClN3O2/c1-15(32)31-23(18-9-5-6-10-20(18)28)14-22(30-31)25-24(16-7-3-2-4-8-16)19-13-17(27)11-12-21(19)29-26(25)33/h2-13,23H,14H2,1H3,(H,29,33)/t23-/m1/s1. The molecule has 3 aromatic carbocycles. The van der Waals surface area contributed by atoms with Gasteiger partial charge in [0.2, 0.25) is 5.91 Å². The van der Waals surface area contributed by atoms with Gasteiger partial charge in [0, 0.05) is 39.3 Å². The lowest BCUT2D eigenvalue weighted by atomic mass is 9.91. The van der Waals surface area contributed by atoms with Gasteiger partial charge in [0.05, 0.1) is 17.3 Å². The fourth-order valence-corrected chi connectivity index (χ4v) is 5.01. The van der Waals surface area contributed by atoms with Gasteiger partial charge in [0.15, 0.2) is 0 Å².